The maximum absolute atomic E-state index is 12.8. The molecule has 2 aromatic rings. The molecule has 0 spiro atoms. The predicted octanol–water partition coefficient (Wildman–Crippen LogP) is 4.63. The molecule has 1 aromatic carbocycles. The van der Waals surface area contributed by atoms with Crippen LogP contribution in [-0.2, 0) is 20.7 Å². The minimum absolute atomic E-state index is 0.155. The molecule has 4 heteroatoms. The van der Waals surface area contributed by atoms with Crippen molar-refractivity contribution in [3.8, 4) is 0 Å². The number of hydrogen-bond acceptors (Lipinski definition) is 4. The molecular weight excluding hydrogens is 332 g/mol. The van der Waals surface area contributed by atoms with E-state index in [-0.39, 0.29) is 18.3 Å². The van der Waals surface area contributed by atoms with Gasteiger partial charge < -0.3 is 4.74 Å². The first-order chi connectivity index (χ1) is 12.1. The van der Waals surface area contributed by atoms with E-state index in [2.05, 4.69) is 31.2 Å². The van der Waals surface area contributed by atoms with Gasteiger partial charge in [0.1, 0.15) is 5.92 Å². The van der Waals surface area contributed by atoms with E-state index in [0.29, 0.717) is 6.42 Å². The lowest BCUT2D eigenvalue weighted by Crippen LogP contribution is -2.33. The van der Waals surface area contributed by atoms with Gasteiger partial charge in [-0.2, -0.15) is 0 Å². The molecule has 1 aliphatic carbocycles. The average molecular weight is 354 g/mol. The molecule has 25 heavy (non-hydrogen) atoms. The van der Waals surface area contributed by atoms with E-state index < -0.39 is 11.9 Å². The maximum Gasteiger partial charge on any atom is 0.317 e. The number of ether oxygens (including phenoxy) is 1. The van der Waals surface area contributed by atoms with Gasteiger partial charge in [-0.05, 0) is 54.0 Å². The lowest BCUT2D eigenvalue weighted by atomic mass is 9.76. The molecule has 0 amide bonds. The van der Waals surface area contributed by atoms with Gasteiger partial charge in [-0.1, -0.05) is 37.3 Å². The molecule has 0 saturated carbocycles. The highest BCUT2D eigenvalue weighted by molar-refractivity contribution is 7.10. The number of benzene rings is 1. The molecule has 1 aliphatic rings. The van der Waals surface area contributed by atoms with Crippen molar-refractivity contribution in [2.24, 2.45) is 5.92 Å². The molecule has 0 saturated heterocycles. The highest BCUT2D eigenvalue weighted by atomic mass is 32.1. The van der Waals surface area contributed by atoms with Crippen molar-refractivity contribution in [2.75, 3.05) is 6.61 Å². The zero-order chi connectivity index (χ0) is 17.8. The largest absolute Gasteiger partial charge is 0.465 e. The number of carbonyl (C=O) groups excluding carboxylic acids is 2. The number of esters is 1. The molecule has 2 atom stereocenters. The predicted molar refractivity (Wildman–Crippen MR) is 101 cm³/mol. The first kappa shape index (κ1) is 17.6. The summed E-state index contributed by atoms with van der Waals surface area (Å²) in [7, 11) is 0. The first-order valence-corrected chi connectivity index (χ1v) is 9.55. The molecular formula is C21H22O3S. The lowest BCUT2D eigenvalue weighted by molar-refractivity contribution is -0.151. The zero-order valence-electron chi connectivity index (χ0n) is 14.5. The molecule has 0 unspecified atom stereocenters. The number of allylic oxidation sites excluding steroid dienone is 2. The van der Waals surface area contributed by atoms with E-state index in [1.165, 1.54) is 5.56 Å². The van der Waals surface area contributed by atoms with E-state index in [1.54, 1.807) is 24.3 Å². The molecule has 0 fully saturated rings. The summed E-state index contributed by atoms with van der Waals surface area (Å²) in [4.78, 5) is 26.2. The van der Waals surface area contributed by atoms with E-state index >= 15 is 0 Å². The minimum atomic E-state index is -0.739. The Bertz CT molecular complexity index is 772. The monoisotopic (exact) mass is 354 g/mol. The van der Waals surface area contributed by atoms with Crippen LogP contribution in [0.15, 0.2) is 47.9 Å². The van der Waals surface area contributed by atoms with Crippen molar-refractivity contribution in [3.05, 3.63) is 63.9 Å². The fourth-order valence-corrected chi connectivity index (χ4v) is 4.17. The summed E-state index contributed by atoms with van der Waals surface area (Å²) in [5.41, 5.74) is 3.31. The van der Waals surface area contributed by atoms with Crippen LogP contribution < -0.4 is 0 Å². The van der Waals surface area contributed by atoms with Gasteiger partial charge in [-0.15, -0.1) is 11.3 Å². The highest BCUT2D eigenvalue weighted by Gasteiger charge is 2.40. The van der Waals surface area contributed by atoms with Crippen molar-refractivity contribution in [1.29, 1.82) is 0 Å². The van der Waals surface area contributed by atoms with Gasteiger partial charge in [-0.25, -0.2) is 0 Å². The second-order valence-corrected chi connectivity index (χ2v) is 7.16. The Hall–Kier alpha value is -2.20. The fourth-order valence-electron chi connectivity index (χ4n) is 3.31. The normalized spacial score (nSPS) is 20.2. The van der Waals surface area contributed by atoms with Crippen molar-refractivity contribution < 1.29 is 14.3 Å². The van der Waals surface area contributed by atoms with Crippen LogP contribution in [0, 0.1) is 5.92 Å². The van der Waals surface area contributed by atoms with E-state index in [4.69, 9.17) is 4.74 Å². The number of ketones is 1. The highest BCUT2D eigenvalue weighted by Crippen LogP contribution is 2.41. The van der Waals surface area contributed by atoms with Crippen LogP contribution in [0.1, 0.15) is 42.2 Å². The summed E-state index contributed by atoms with van der Waals surface area (Å²) in [5.74, 6) is -1.46. The molecule has 1 heterocycles. The minimum Gasteiger partial charge on any atom is -0.465 e. The lowest BCUT2D eigenvalue weighted by Gasteiger charge is -2.28. The Balaban J connectivity index is 1.96. The Morgan fingerprint density at radius 2 is 1.96 bits per heavy atom. The van der Waals surface area contributed by atoms with Gasteiger partial charge in [0.2, 0.25) is 0 Å². The molecule has 0 bridgehead atoms. The summed E-state index contributed by atoms with van der Waals surface area (Å²) in [6.45, 7) is 4.17. The van der Waals surface area contributed by atoms with Crippen molar-refractivity contribution in [3.63, 3.8) is 0 Å². The summed E-state index contributed by atoms with van der Waals surface area (Å²) in [6.07, 6.45) is 3.29. The van der Waals surface area contributed by atoms with Crippen molar-refractivity contribution in [1.82, 2.24) is 0 Å². The second-order valence-electron chi connectivity index (χ2n) is 6.18. The molecule has 0 N–H and O–H groups in total. The number of rotatable bonds is 5. The van der Waals surface area contributed by atoms with Crippen LogP contribution in [0.2, 0.25) is 0 Å². The molecule has 130 valence electrons. The zero-order valence-corrected chi connectivity index (χ0v) is 15.3. The van der Waals surface area contributed by atoms with Gasteiger partial charge in [0, 0.05) is 10.8 Å². The molecule has 3 rings (SSSR count). The second kappa shape index (κ2) is 7.79. The smallest absolute Gasteiger partial charge is 0.317 e. The maximum atomic E-state index is 12.8. The van der Waals surface area contributed by atoms with Gasteiger partial charge in [0.05, 0.1) is 6.61 Å². The number of thiophene rings is 1. The van der Waals surface area contributed by atoms with Gasteiger partial charge in [0.15, 0.2) is 5.78 Å². The summed E-state index contributed by atoms with van der Waals surface area (Å²) >= 11 is 1.59. The van der Waals surface area contributed by atoms with Crippen LogP contribution in [0.5, 0.6) is 0 Å². The number of aryl methyl sites for hydroxylation is 1. The molecule has 3 nitrogen and oxygen atoms in total. The first-order valence-electron chi connectivity index (χ1n) is 8.67. The SMILES string of the molecule is CCOC(=O)[C@H]1C(=O)C=C(c2ccc(CC)cc2)C[C@@H]1c1cccs1. The number of hydrogen-bond donors (Lipinski definition) is 0. The third kappa shape index (κ3) is 3.74. The van der Waals surface area contributed by atoms with E-state index in [9.17, 15) is 9.59 Å². The van der Waals surface area contributed by atoms with Gasteiger partial charge in [0.25, 0.3) is 0 Å². The van der Waals surface area contributed by atoms with Crippen LogP contribution in [0.4, 0.5) is 0 Å². The Labute approximate surface area is 152 Å². The summed E-state index contributed by atoms with van der Waals surface area (Å²) < 4.78 is 5.17. The van der Waals surface area contributed by atoms with Crippen LogP contribution in [-0.4, -0.2) is 18.4 Å². The molecule has 0 aliphatic heterocycles. The Morgan fingerprint density at radius 3 is 2.56 bits per heavy atom. The standard InChI is InChI=1S/C21H22O3S/c1-3-14-7-9-15(10-8-14)16-12-17(19-6-5-11-25-19)20(18(22)13-16)21(23)24-4-2/h5-11,13,17,20H,3-4,12H2,1-2H3/t17-,20-/m1/s1. The molecule has 1 aromatic heterocycles. The van der Waals surface area contributed by atoms with Crippen LogP contribution >= 0.6 is 11.3 Å². The third-order valence-corrected chi connectivity index (χ3v) is 5.65. The Morgan fingerprint density at radius 1 is 1.20 bits per heavy atom. The summed E-state index contributed by atoms with van der Waals surface area (Å²) in [5, 5.41) is 1.98. The van der Waals surface area contributed by atoms with E-state index in [1.807, 2.05) is 17.5 Å². The third-order valence-electron chi connectivity index (χ3n) is 4.65. The Kier molecular flexibility index (Phi) is 5.49. The number of carbonyl (C=O) groups is 2. The van der Waals surface area contributed by atoms with Crippen molar-refractivity contribution >= 4 is 28.7 Å². The van der Waals surface area contributed by atoms with E-state index in [0.717, 1.165) is 22.4 Å². The van der Waals surface area contributed by atoms with Gasteiger partial charge in [-0.3, -0.25) is 9.59 Å². The average Bonchev–Trinajstić information content (AvgIpc) is 3.16. The topological polar surface area (TPSA) is 43.4 Å². The van der Waals surface area contributed by atoms with Crippen molar-refractivity contribution in [2.45, 2.75) is 32.6 Å². The van der Waals surface area contributed by atoms with Crippen LogP contribution in [0.25, 0.3) is 5.57 Å². The summed E-state index contributed by atoms with van der Waals surface area (Å²) in [6, 6.07) is 12.3. The quantitative estimate of drug-likeness (QED) is 0.581. The van der Waals surface area contributed by atoms with Gasteiger partial charge >= 0.3 is 5.97 Å². The fraction of sp³-hybridized carbons (Fsp3) is 0.333. The van der Waals surface area contributed by atoms with Crippen LogP contribution in [0.3, 0.4) is 0 Å². The molecule has 0 radical (unpaired) electrons.